The molecular formula is C12H10N. The maximum Gasteiger partial charge on any atom is 0.101 e. The summed E-state index contributed by atoms with van der Waals surface area (Å²) >= 11 is 0. The third-order valence-electron chi connectivity index (χ3n) is 1.87. The van der Waals surface area contributed by atoms with Gasteiger partial charge in [-0.05, 0) is 11.6 Å². The Labute approximate surface area is 79.0 Å². The van der Waals surface area contributed by atoms with Crippen LogP contribution < -0.4 is 0 Å². The monoisotopic (exact) mass is 168 g/mol. The summed E-state index contributed by atoms with van der Waals surface area (Å²) in [7, 11) is 0. The Hall–Kier alpha value is -1.73. The summed E-state index contributed by atoms with van der Waals surface area (Å²) in [5.74, 6) is 3.61. The zero-order valence-corrected chi connectivity index (χ0v) is 7.76. The Kier molecular flexibility index (Phi) is 2.72. The van der Waals surface area contributed by atoms with Crippen LogP contribution in [0.1, 0.15) is 30.5 Å². The fourth-order valence-electron chi connectivity index (χ4n) is 1.21. The average Bonchev–Trinajstić information content (AvgIpc) is 2.16. The van der Waals surface area contributed by atoms with Crippen LogP contribution >= 0.6 is 0 Å². The molecule has 0 N–H and O–H groups in total. The van der Waals surface area contributed by atoms with Gasteiger partial charge in [-0.1, -0.05) is 31.9 Å². The first-order valence-electron chi connectivity index (χ1n) is 4.01. The lowest BCUT2D eigenvalue weighted by Crippen LogP contribution is -1.95. The largest absolute Gasteiger partial charge is 0.192 e. The van der Waals surface area contributed by atoms with Crippen LogP contribution in [0.5, 0.6) is 0 Å². The van der Waals surface area contributed by atoms with Crippen molar-refractivity contribution in [3.63, 3.8) is 0 Å². The number of rotatable bonds is 1. The zero-order valence-electron chi connectivity index (χ0n) is 7.76. The smallest absolute Gasteiger partial charge is 0.101 e. The van der Waals surface area contributed by atoms with Crippen molar-refractivity contribution < 1.29 is 0 Å². The fourth-order valence-corrected chi connectivity index (χ4v) is 1.21. The highest BCUT2D eigenvalue weighted by Crippen LogP contribution is 2.20. The Bertz CT molecular complexity index is 389. The van der Waals surface area contributed by atoms with Crippen LogP contribution in [-0.2, 0) is 0 Å². The summed E-state index contributed by atoms with van der Waals surface area (Å²) < 4.78 is 0. The number of benzene rings is 1. The molecule has 0 aliphatic carbocycles. The molecule has 63 valence electrons. The molecule has 1 radical (unpaired) electrons. The third kappa shape index (κ3) is 1.71. The van der Waals surface area contributed by atoms with Crippen molar-refractivity contribution in [1.29, 1.82) is 5.26 Å². The molecule has 13 heavy (non-hydrogen) atoms. The van der Waals surface area contributed by atoms with Crippen molar-refractivity contribution in [1.82, 2.24) is 0 Å². The van der Waals surface area contributed by atoms with Gasteiger partial charge in [-0.25, -0.2) is 0 Å². The first-order chi connectivity index (χ1) is 6.20. The van der Waals surface area contributed by atoms with Crippen LogP contribution in [0, 0.1) is 29.6 Å². The summed E-state index contributed by atoms with van der Waals surface area (Å²) in [4.78, 5) is 0. The van der Waals surface area contributed by atoms with E-state index in [9.17, 15) is 0 Å². The molecule has 1 aromatic carbocycles. The van der Waals surface area contributed by atoms with Crippen LogP contribution in [0.25, 0.3) is 0 Å². The Morgan fingerprint density at radius 1 is 1.38 bits per heavy atom. The minimum Gasteiger partial charge on any atom is -0.192 e. The van der Waals surface area contributed by atoms with Gasteiger partial charge in [0, 0.05) is 11.5 Å². The number of hydrogen-bond acceptors (Lipinski definition) is 1. The maximum atomic E-state index is 8.92. The minimum absolute atomic E-state index is 0.602. The van der Waals surface area contributed by atoms with Crippen LogP contribution in [0.4, 0.5) is 0 Å². The molecule has 0 atom stereocenters. The second kappa shape index (κ2) is 3.78. The van der Waals surface area contributed by atoms with Crippen molar-refractivity contribution in [2.45, 2.75) is 13.8 Å². The molecule has 0 fully saturated rings. The summed E-state index contributed by atoms with van der Waals surface area (Å²) in [6.45, 7) is 3.94. The quantitative estimate of drug-likeness (QED) is 0.591. The molecule has 0 aliphatic rings. The van der Waals surface area contributed by atoms with E-state index in [1.807, 2.05) is 26.0 Å². The van der Waals surface area contributed by atoms with Gasteiger partial charge in [0.1, 0.15) is 6.07 Å². The summed E-state index contributed by atoms with van der Waals surface area (Å²) in [5.41, 5.74) is 2.21. The van der Waals surface area contributed by atoms with E-state index in [-0.39, 0.29) is 0 Å². The molecule has 1 heteroatoms. The first-order valence-corrected chi connectivity index (χ1v) is 4.01. The van der Waals surface area contributed by atoms with E-state index in [1.54, 1.807) is 6.07 Å². The highest BCUT2D eigenvalue weighted by Gasteiger charge is 2.08. The van der Waals surface area contributed by atoms with Crippen molar-refractivity contribution in [2.75, 3.05) is 0 Å². The van der Waals surface area contributed by atoms with Gasteiger partial charge >= 0.3 is 0 Å². The van der Waals surface area contributed by atoms with E-state index in [0.717, 1.165) is 11.5 Å². The normalized spacial score (nSPS) is 9.31. The second-order valence-electron chi connectivity index (χ2n) is 2.98. The molecule has 0 spiro atoms. The van der Waals surface area contributed by atoms with Gasteiger partial charge in [0.25, 0.3) is 0 Å². The van der Waals surface area contributed by atoms with Crippen molar-refractivity contribution in [3.8, 4) is 18.4 Å². The molecule has 0 saturated carbocycles. The Balaban J connectivity index is 3.40. The lowest BCUT2D eigenvalue weighted by atomic mass is 9.94. The second-order valence-corrected chi connectivity index (χ2v) is 2.98. The molecule has 0 amide bonds. The number of terminal acetylenes is 1. The van der Waals surface area contributed by atoms with Gasteiger partial charge in [-0.15, -0.1) is 6.42 Å². The van der Waals surface area contributed by atoms with Gasteiger partial charge in [0.15, 0.2) is 0 Å². The van der Waals surface area contributed by atoms with Crippen LogP contribution in [-0.4, -0.2) is 0 Å². The summed E-state index contributed by atoms with van der Waals surface area (Å²) in [6, 6.07) is 7.70. The minimum atomic E-state index is 0.602. The molecule has 1 rings (SSSR count). The van der Waals surface area contributed by atoms with Crippen LogP contribution in [0.2, 0.25) is 0 Å². The zero-order chi connectivity index (χ0) is 9.84. The molecule has 0 saturated heterocycles. The number of hydrogen-bond donors (Lipinski definition) is 0. The highest BCUT2D eigenvalue weighted by molar-refractivity contribution is 5.55. The van der Waals surface area contributed by atoms with Gasteiger partial charge < -0.3 is 0 Å². The van der Waals surface area contributed by atoms with Crippen LogP contribution in [0.3, 0.4) is 0 Å². The van der Waals surface area contributed by atoms with E-state index in [1.165, 1.54) is 0 Å². The summed E-state index contributed by atoms with van der Waals surface area (Å²) in [5, 5.41) is 8.92. The molecule has 0 aliphatic heterocycles. The van der Waals surface area contributed by atoms with Gasteiger partial charge in [0.2, 0.25) is 0 Å². The lowest BCUT2D eigenvalue weighted by Gasteiger charge is -2.07. The molecule has 0 bridgehead atoms. The van der Waals surface area contributed by atoms with Crippen molar-refractivity contribution >= 4 is 0 Å². The van der Waals surface area contributed by atoms with E-state index < -0.39 is 0 Å². The molecule has 1 nitrogen and oxygen atoms in total. The number of nitrogens with zero attached hydrogens (tertiary/aromatic N) is 1. The van der Waals surface area contributed by atoms with Gasteiger partial charge in [-0.3, -0.25) is 0 Å². The van der Waals surface area contributed by atoms with E-state index in [2.05, 4.69) is 12.0 Å². The predicted molar refractivity (Wildman–Crippen MR) is 52.8 cm³/mol. The Morgan fingerprint density at radius 2 is 2.08 bits per heavy atom. The first kappa shape index (κ1) is 9.36. The standard InChI is InChI=1S/C12H10N/c1-4-10-6-5-7-11(9(2)3)12(10)8-13/h1,5-7H,2-3H3. The third-order valence-corrected chi connectivity index (χ3v) is 1.87. The maximum absolute atomic E-state index is 8.92. The molecular weight excluding hydrogens is 158 g/mol. The molecule has 0 aromatic heterocycles. The Morgan fingerprint density at radius 3 is 2.54 bits per heavy atom. The van der Waals surface area contributed by atoms with Crippen molar-refractivity contribution in [2.24, 2.45) is 0 Å². The molecule has 1 aromatic rings. The fraction of sp³-hybridized carbons (Fsp3) is 0.167. The SMILES string of the molecule is C#Cc1cccc([C](C)C)c1C#N. The number of nitriles is 1. The van der Waals surface area contributed by atoms with Crippen molar-refractivity contribution in [3.05, 3.63) is 40.8 Å². The predicted octanol–water partition coefficient (Wildman–Crippen LogP) is 2.50. The lowest BCUT2D eigenvalue weighted by molar-refractivity contribution is 1.14. The van der Waals surface area contributed by atoms with Gasteiger partial charge in [-0.2, -0.15) is 5.26 Å². The van der Waals surface area contributed by atoms with E-state index in [0.29, 0.717) is 11.1 Å². The summed E-state index contributed by atoms with van der Waals surface area (Å²) in [6.07, 6.45) is 5.28. The topological polar surface area (TPSA) is 23.8 Å². The highest BCUT2D eigenvalue weighted by atomic mass is 14.3. The molecule has 0 unspecified atom stereocenters. The van der Waals surface area contributed by atoms with E-state index in [4.69, 9.17) is 11.7 Å². The van der Waals surface area contributed by atoms with Crippen LogP contribution in [0.15, 0.2) is 18.2 Å². The van der Waals surface area contributed by atoms with Gasteiger partial charge in [0.05, 0.1) is 5.56 Å². The molecule has 0 heterocycles. The van der Waals surface area contributed by atoms with E-state index >= 15 is 0 Å². The average molecular weight is 168 g/mol.